The number of rotatable bonds is 1. The highest BCUT2D eigenvalue weighted by Gasteiger charge is 2.68. The second-order valence-electron chi connectivity index (χ2n) is 7.08. The van der Waals surface area contributed by atoms with Crippen LogP contribution in [0.2, 0.25) is 0 Å². The second kappa shape index (κ2) is 3.88. The standard InChI is InChI=1S/C15H22ClNO/c1-8-4-5-17(7-11(8)16)15(18)14-12-9-2-3-10(6-9)13(12)14/h8-14H,2-7H2,1H3. The van der Waals surface area contributed by atoms with E-state index in [2.05, 4.69) is 11.8 Å². The molecule has 4 fully saturated rings. The lowest BCUT2D eigenvalue weighted by Gasteiger charge is -2.34. The number of hydrogen-bond donors (Lipinski definition) is 0. The van der Waals surface area contributed by atoms with Gasteiger partial charge in [0.25, 0.3) is 0 Å². The molecule has 2 bridgehead atoms. The molecule has 3 heteroatoms. The molecule has 4 rings (SSSR count). The Balaban J connectivity index is 1.43. The summed E-state index contributed by atoms with van der Waals surface area (Å²) in [7, 11) is 0. The van der Waals surface area contributed by atoms with Crippen molar-refractivity contribution in [2.45, 2.75) is 38.0 Å². The molecule has 2 nitrogen and oxygen atoms in total. The lowest BCUT2D eigenvalue weighted by atomic mass is 9.96. The van der Waals surface area contributed by atoms with Crippen LogP contribution in [0.3, 0.4) is 0 Å². The van der Waals surface area contributed by atoms with Gasteiger partial charge in [-0.25, -0.2) is 0 Å². The van der Waals surface area contributed by atoms with Crippen molar-refractivity contribution in [3.8, 4) is 0 Å². The van der Waals surface area contributed by atoms with Gasteiger partial charge < -0.3 is 4.90 Å². The predicted octanol–water partition coefficient (Wildman–Crippen LogP) is 2.75. The van der Waals surface area contributed by atoms with E-state index in [1.807, 2.05) is 0 Å². The van der Waals surface area contributed by atoms with E-state index in [0.29, 0.717) is 17.7 Å². The number of likely N-dealkylation sites (tertiary alicyclic amines) is 1. The molecule has 0 aromatic rings. The summed E-state index contributed by atoms with van der Waals surface area (Å²) < 4.78 is 0. The number of carbonyl (C=O) groups excluding carboxylic acids is 1. The van der Waals surface area contributed by atoms with Gasteiger partial charge in [-0.3, -0.25) is 4.79 Å². The number of nitrogens with zero attached hydrogens (tertiary/aromatic N) is 1. The molecule has 3 aliphatic carbocycles. The van der Waals surface area contributed by atoms with Gasteiger partial charge in [-0.15, -0.1) is 11.6 Å². The quantitative estimate of drug-likeness (QED) is 0.669. The highest BCUT2D eigenvalue weighted by atomic mass is 35.5. The van der Waals surface area contributed by atoms with E-state index < -0.39 is 0 Å². The molecule has 6 atom stereocenters. The van der Waals surface area contributed by atoms with Crippen molar-refractivity contribution in [2.75, 3.05) is 13.1 Å². The van der Waals surface area contributed by atoms with E-state index >= 15 is 0 Å². The van der Waals surface area contributed by atoms with Crippen LogP contribution in [0.1, 0.15) is 32.6 Å². The minimum absolute atomic E-state index is 0.165. The van der Waals surface area contributed by atoms with Crippen LogP contribution in [0, 0.1) is 35.5 Å². The molecule has 0 spiro atoms. The van der Waals surface area contributed by atoms with Gasteiger partial charge in [0.1, 0.15) is 0 Å². The highest BCUT2D eigenvalue weighted by Crippen LogP contribution is 2.69. The van der Waals surface area contributed by atoms with Crippen LogP contribution in [-0.4, -0.2) is 29.3 Å². The fourth-order valence-corrected chi connectivity index (χ4v) is 5.38. The van der Waals surface area contributed by atoms with Crippen LogP contribution in [0.5, 0.6) is 0 Å². The van der Waals surface area contributed by atoms with Crippen molar-refractivity contribution in [1.29, 1.82) is 0 Å². The Bertz CT molecular complexity index is 369. The average Bonchev–Trinajstić information content (AvgIpc) is 2.80. The molecule has 6 unspecified atom stereocenters. The molecule has 18 heavy (non-hydrogen) atoms. The van der Waals surface area contributed by atoms with Gasteiger partial charge in [0.2, 0.25) is 5.91 Å². The molecule has 4 aliphatic rings. The summed E-state index contributed by atoms with van der Waals surface area (Å²) in [5, 5.41) is 0.165. The first-order chi connectivity index (χ1) is 8.66. The van der Waals surface area contributed by atoms with Gasteiger partial charge in [0.15, 0.2) is 0 Å². The Labute approximate surface area is 114 Å². The SMILES string of the molecule is CC1CCN(C(=O)C2C3C4CCC(C4)C23)CC1Cl. The molecular formula is C15H22ClNO. The van der Waals surface area contributed by atoms with E-state index in [9.17, 15) is 4.79 Å². The third kappa shape index (κ3) is 1.51. The first-order valence-electron chi connectivity index (χ1n) is 7.59. The van der Waals surface area contributed by atoms with E-state index in [1.165, 1.54) is 19.3 Å². The number of amides is 1. The molecule has 0 radical (unpaired) electrons. The van der Waals surface area contributed by atoms with E-state index in [-0.39, 0.29) is 5.38 Å². The van der Waals surface area contributed by atoms with E-state index in [1.54, 1.807) is 0 Å². The predicted molar refractivity (Wildman–Crippen MR) is 71.3 cm³/mol. The van der Waals surface area contributed by atoms with Gasteiger partial charge in [-0.05, 0) is 55.3 Å². The summed E-state index contributed by atoms with van der Waals surface area (Å²) in [4.78, 5) is 14.7. The summed E-state index contributed by atoms with van der Waals surface area (Å²) in [6.07, 6.45) is 5.29. The summed E-state index contributed by atoms with van der Waals surface area (Å²) >= 11 is 6.33. The third-order valence-corrected chi connectivity index (χ3v) is 6.77. The van der Waals surface area contributed by atoms with Crippen molar-refractivity contribution < 1.29 is 4.79 Å². The lowest BCUT2D eigenvalue weighted by Crippen LogP contribution is -2.45. The molecule has 1 aliphatic heterocycles. The van der Waals surface area contributed by atoms with Gasteiger partial charge in [-0.1, -0.05) is 6.92 Å². The van der Waals surface area contributed by atoms with Crippen LogP contribution in [0.4, 0.5) is 0 Å². The summed E-state index contributed by atoms with van der Waals surface area (Å²) in [6.45, 7) is 3.92. The zero-order valence-corrected chi connectivity index (χ0v) is 11.8. The number of fused-ring (bicyclic) bond motifs is 5. The van der Waals surface area contributed by atoms with Crippen LogP contribution in [-0.2, 0) is 4.79 Å². The first kappa shape index (κ1) is 11.6. The smallest absolute Gasteiger partial charge is 0.226 e. The minimum Gasteiger partial charge on any atom is -0.341 e. The number of piperidine rings is 1. The van der Waals surface area contributed by atoms with Gasteiger partial charge in [0.05, 0.1) is 5.38 Å². The second-order valence-corrected chi connectivity index (χ2v) is 7.64. The van der Waals surface area contributed by atoms with Crippen LogP contribution >= 0.6 is 11.6 Å². The molecule has 100 valence electrons. The highest BCUT2D eigenvalue weighted by molar-refractivity contribution is 6.21. The zero-order chi connectivity index (χ0) is 12.4. The third-order valence-electron chi connectivity index (χ3n) is 6.20. The molecule has 0 aromatic heterocycles. The van der Waals surface area contributed by atoms with Gasteiger partial charge >= 0.3 is 0 Å². The maximum absolute atomic E-state index is 12.6. The average molecular weight is 268 g/mol. The fraction of sp³-hybridized carbons (Fsp3) is 0.933. The lowest BCUT2D eigenvalue weighted by molar-refractivity contribution is -0.134. The minimum atomic E-state index is 0.165. The van der Waals surface area contributed by atoms with Gasteiger partial charge in [-0.2, -0.15) is 0 Å². The van der Waals surface area contributed by atoms with Crippen LogP contribution in [0.25, 0.3) is 0 Å². The van der Waals surface area contributed by atoms with Crippen molar-refractivity contribution in [2.24, 2.45) is 35.5 Å². The Kier molecular flexibility index (Phi) is 2.49. The normalized spacial score (nSPS) is 53.4. The van der Waals surface area contributed by atoms with Crippen molar-refractivity contribution in [3.05, 3.63) is 0 Å². The Morgan fingerprint density at radius 1 is 1.17 bits per heavy atom. The van der Waals surface area contributed by atoms with E-state index in [0.717, 1.165) is 43.2 Å². The Morgan fingerprint density at radius 2 is 1.83 bits per heavy atom. The number of halogens is 1. The molecule has 1 amide bonds. The molecule has 3 saturated carbocycles. The Hall–Kier alpha value is -0.240. The monoisotopic (exact) mass is 267 g/mol. The summed E-state index contributed by atoms with van der Waals surface area (Å²) in [5.41, 5.74) is 0. The first-order valence-corrected chi connectivity index (χ1v) is 8.03. The van der Waals surface area contributed by atoms with Crippen LogP contribution in [0.15, 0.2) is 0 Å². The topological polar surface area (TPSA) is 20.3 Å². The molecular weight excluding hydrogens is 246 g/mol. The van der Waals surface area contributed by atoms with Gasteiger partial charge in [0, 0.05) is 19.0 Å². The Morgan fingerprint density at radius 3 is 2.44 bits per heavy atom. The molecule has 0 aromatic carbocycles. The number of alkyl halides is 1. The van der Waals surface area contributed by atoms with Crippen molar-refractivity contribution >= 4 is 17.5 Å². The maximum atomic E-state index is 12.6. The zero-order valence-electron chi connectivity index (χ0n) is 11.0. The number of carbonyl (C=O) groups is 1. The fourth-order valence-electron chi connectivity index (χ4n) is 5.09. The number of hydrogen-bond acceptors (Lipinski definition) is 1. The largest absolute Gasteiger partial charge is 0.341 e. The van der Waals surface area contributed by atoms with Crippen molar-refractivity contribution in [1.82, 2.24) is 4.90 Å². The molecule has 1 heterocycles. The molecule has 1 saturated heterocycles. The van der Waals surface area contributed by atoms with E-state index in [4.69, 9.17) is 11.6 Å². The maximum Gasteiger partial charge on any atom is 0.226 e. The molecule has 0 N–H and O–H groups in total. The van der Waals surface area contributed by atoms with Crippen molar-refractivity contribution in [3.63, 3.8) is 0 Å². The summed E-state index contributed by atoms with van der Waals surface area (Å²) in [5.74, 6) is 4.72. The summed E-state index contributed by atoms with van der Waals surface area (Å²) in [6, 6.07) is 0. The van der Waals surface area contributed by atoms with Crippen LogP contribution < -0.4 is 0 Å².